The van der Waals surface area contributed by atoms with E-state index in [1.54, 1.807) is 12.4 Å². The third-order valence-electron chi connectivity index (χ3n) is 3.77. The standard InChI is InChI=1S/C14H17ClN4/c1-2-18-7-4-11(10-18)19-8-6-17-14(19)12-3-5-16-9-13(12)15/h3,5-6,8-9,11H,2,4,7,10H2,1H3. The van der Waals surface area contributed by atoms with Crippen molar-refractivity contribution in [3.63, 3.8) is 0 Å². The second-order valence-electron chi connectivity index (χ2n) is 4.85. The van der Waals surface area contributed by atoms with E-state index < -0.39 is 0 Å². The number of rotatable bonds is 3. The van der Waals surface area contributed by atoms with Crippen molar-refractivity contribution >= 4 is 11.6 Å². The molecule has 19 heavy (non-hydrogen) atoms. The largest absolute Gasteiger partial charge is 0.327 e. The molecule has 1 fully saturated rings. The molecule has 5 heteroatoms. The van der Waals surface area contributed by atoms with Crippen LogP contribution in [-0.4, -0.2) is 39.1 Å². The maximum Gasteiger partial charge on any atom is 0.141 e. The molecule has 0 bridgehead atoms. The fraction of sp³-hybridized carbons (Fsp3) is 0.429. The van der Waals surface area contributed by atoms with Gasteiger partial charge >= 0.3 is 0 Å². The van der Waals surface area contributed by atoms with E-state index in [-0.39, 0.29) is 0 Å². The lowest BCUT2D eigenvalue weighted by Crippen LogP contribution is -2.21. The van der Waals surface area contributed by atoms with E-state index in [0.717, 1.165) is 31.0 Å². The molecular formula is C14H17ClN4. The van der Waals surface area contributed by atoms with E-state index in [9.17, 15) is 0 Å². The average molecular weight is 277 g/mol. The molecule has 0 saturated carbocycles. The van der Waals surface area contributed by atoms with Gasteiger partial charge in [-0.2, -0.15) is 0 Å². The molecule has 1 atom stereocenters. The summed E-state index contributed by atoms with van der Waals surface area (Å²) in [4.78, 5) is 11.0. The van der Waals surface area contributed by atoms with Crippen LogP contribution < -0.4 is 0 Å². The summed E-state index contributed by atoms with van der Waals surface area (Å²) in [5.74, 6) is 0.940. The van der Waals surface area contributed by atoms with Crippen molar-refractivity contribution in [2.45, 2.75) is 19.4 Å². The lowest BCUT2D eigenvalue weighted by atomic mass is 10.2. The van der Waals surface area contributed by atoms with Crippen molar-refractivity contribution in [1.29, 1.82) is 0 Å². The molecule has 0 aliphatic carbocycles. The minimum Gasteiger partial charge on any atom is -0.327 e. The zero-order chi connectivity index (χ0) is 13.2. The summed E-state index contributed by atoms with van der Waals surface area (Å²) >= 11 is 6.22. The number of pyridine rings is 1. The summed E-state index contributed by atoms with van der Waals surface area (Å²) < 4.78 is 2.25. The van der Waals surface area contributed by atoms with E-state index in [2.05, 4.69) is 32.6 Å². The Bertz CT molecular complexity index is 566. The molecule has 0 aromatic carbocycles. The topological polar surface area (TPSA) is 34.0 Å². The van der Waals surface area contributed by atoms with E-state index in [1.165, 1.54) is 6.42 Å². The van der Waals surface area contributed by atoms with Gasteiger partial charge in [-0.1, -0.05) is 18.5 Å². The lowest BCUT2D eigenvalue weighted by Gasteiger charge is -2.17. The van der Waals surface area contributed by atoms with Crippen molar-refractivity contribution in [1.82, 2.24) is 19.4 Å². The minimum atomic E-state index is 0.488. The molecule has 0 amide bonds. The van der Waals surface area contributed by atoms with Crippen LogP contribution in [0.5, 0.6) is 0 Å². The van der Waals surface area contributed by atoms with Crippen LogP contribution in [-0.2, 0) is 0 Å². The summed E-state index contributed by atoms with van der Waals surface area (Å²) in [7, 11) is 0. The summed E-state index contributed by atoms with van der Waals surface area (Å²) in [6, 6.07) is 2.41. The summed E-state index contributed by atoms with van der Waals surface area (Å²) in [5.41, 5.74) is 0.955. The van der Waals surface area contributed by atoms with Gasteiger partial charge in [0.15, 0.2) is 0 Å². The van der Waals surface area contributed by atoms with Gasteiger partial charge in [-0.25, -0.2) is 4.98 Å². The van der Waals surface area contributed by atoms with Gasteiger partial charge in [0, 0.05) is 49.5 Å². The highest BCUT2D eigenvalue weighted by Gasteiger charge is 2.24. The van der Waals surface area contributed by atoms with Gasteiger partial charge in [-0.15, -0.1) is 0 Å². The molecule has 0 spiro atoms. The van der Waals surface area contributed by atoms with Crippen LogP contribution in [0.2, 0.25) is 5.02 Å². The molecule has 1 unspecified atom stereocenters. The van der Waals surface area contributed by atoms with Crippen molar-refractivity contribution in [2.24, 2.45) is 0 Å². The predicted molar refractivity (Wildman–Crippen MR) is 76.2 cm³/mol. The Balaban J connectivity index is 1.93. The SMILES string of the molecule is CCN1CCC(n2ccnc2-c2ccncc2Cl)C1. The quantitative estimate of drug-likeness (QED) is 0.864. The maximum atomic E-state index is 6.22. The molecule has 2 aromatic rings. The molecule has 1 aliphatic rings. The summed E-state index contributed by atoms with van der Waals surface area (Å²) in [6.45, 7) is 5.55. The van der Waals surface area contributed by atoms with Gasteiger partial charge in [0.1, 0.15) is 5.82 Å². The van der Waals surface area contributed by atoms with Crippen LogP contribution in [0.25, 0.3) is 11.4 Å². The van der Waals surface area contributed by atoms with Crippen LogP contribution in [0.4, 0.5) is 0 Å². The van der Waals surface area contributed by atoms with E-state index in [1.807, 2.05) is 12.3 Å². The smallest absolute Gasteiger partial charge is 0.141 e. The molecule has 100 valence electrons. The van der Waals surface area contributed by atoms with E-state index >= 15 is 0 Å². The predicted octanol–water partition coefficient (Wildman–Crippen LogP) is 2.87. The molecule has 1 aliphatic heterocycles. The Kier molecular flexibility index (Phi) is 3.53. The Morgan fingerprint density at radius 1 is 1.42 bits per heavy atom. The number of hydrogen-bond donors (Lipinski definition) is 0. The highest BCUT2D eigenvalue weighted by Crippen LogP contribution is 2.30. The van der Waals surface area contributed by atoms with Crippen molar-refractivity contribution in [2.75, 3.05) is 19.6 Å². The van der Waals surface area contributed by atoms with Crippen LogP contribution in [0.3, 0.4) is 0 Å². The molecule has 1 saturated heterocycles. The van der Waals surface area contributed by atoms with Crippen molar-refractivity contribution in [3.05, 3.63) is 35.9 Å². The van der Waals surface area contributed by atoms with Gasteiger partial charge in [0.05, 0.1) is 5.02 Å². The second kappa shape index (κ2) is 5.31. The van der Waals surface area contributed by atoms with Crippen molar-refractivity contribution < 1.29 is 0 Å². The van der Waals surface area contributed by atoms with Crippen LogP contribution in [0.15, 0.2) is 30.9 Å². The first-order valence-electron chi connectivity index (χ1n) is 6.64. The monoisotopic (exact) mass is 276 g/mol. The third kappa shape index (κ3) is 2.38. The van der Waals surface area contributed by atoms with Crippen LogP contribution in [0, 0.1) is 0 Å². The Hall–Kier alpha value is -1.39. The normalized spacial score (nSPS) is 20.0. The fourth-order valence-corrected chi connectivity index (χ4v) is 2.90. The minimum absolute atomic E-state index is 0.488. The first-order chi connectivity index (χ1) is 9.29. The van der Waals surface area contributed by atoms with Crippen molar-refractivity contribution in [3.8, 4) is 11.4 Å². The second-order valence-corrected chi connectivity index (χ2v) is 5.26. The highest BCUT2D eigenvalue weighted by atomic mass is 35.5. The van der Waals surface area contributed by atoms with Gasteiger partial charge in [-0.05, 0) is 19.0 Å². The first-order valence-corrected chi connectivity index (χ1v) is 7.02. The third-order valence-corrected chi connectivity index (χ3v) is 4.07. The molecule has 0 radical (unpaired) electrons. The fourth-order valence-electron chi connectivity index (χ4n) is 2.70. The van der Waals surface area contributed by atoms with Crippen LogP contribution >= 0.6 is 11.6 Å². The molecule has 0 N–H and O–H groups in total. The molecular weight excluding hydrogens is 260 g/mol. The Morgan fingerprint density at radius 2 is 2.32 bits per heavy atom. The van der Waals surface area contributed by atoms with Gasteiger partial charge < -0.3 is 9.47 Å². The van der Waals surface area contributed by atoms with Gasteiger partial charge in [0.25, 0.3) is 0 Å². The average Bonchev–Trinajstić information content (AvgIpc) is 3.07. The molecule has 3 heterocycles. The number of imidazole rings is 1. The highest BCUT2D eigenvalue weighted by molar-refractivity contribution is 6.33. The Labute approximate surface area is 118 Å². The first kappa shape index (κ1) is 12.6. The number of nitrogens with zero attached hydrogens (tertiary/aromatic N) is 4. The number of aromatic nitrogens is 3. The number of halogens is 1. The number of likely N-dealkylation sites (N-methyl/N-ethyl adjacent to an activating group) is 1. The number of likely N-dealkylation sites (tertiary alicyclic amines) is 1. The van der Waals surface area contributed by atoms with Gasteiger partial charge in [0.2, 0.25) is 0 Å². The Morgan fingerprint density at radius 3 is 3.05 bits per heavy atom. The maximum absolute atomic E-state index is 6.22. The van der Waals surface area contributed by atoms with E-state index in [0.29, 0.717) is 11.1 Å². The van der Waals surface area contributed by atoms with Gasteiger partial charge in [-0.3, -0.25) is 4.98 Å². The summed E-state index contributed by atoms with van der Waals surface area (Å²) in [6.07, 6.45) is 8.49. The van der Waals surface area contributed by atoms with E-state index in [4.69, 9.17) is 11.6 Å². The zero-order valence-corrected chi connectivity index (χ0v) is 11.7. The lowest BCUT2D eigenvalue weighted by molar-refractivity contribution is 0.342. The number of hydrogen-bond acceptors (Lipinski definition) is 3. The summed E-state index contributed by atoms with van der Waals surface area (Å²) in [5, 5.41) is 0.653. The molecule has 2 aromatic heterocycles. The molecule has 4 nitrogen and oxygen atoms in total. The molecule has 3 rings (SSSR count). The van der Waals surface area contributed by atoms with Crippen LogP contribution in [0.1, 0.15) is 19.4 Å². The zero-order valence-electron chi connectivity index (χ0n) is 11.0.